The Kier molecular flexibility index (Phi) is 4.21. The van der Waals surface area contributed by atoms with Crippen LogP contribution in [0, 0.1) is 21.4 Å². The molecule has 0 aliphatic carbocycles. The molecule has 5 heteroatoms. The van der Waals surface area contributed by atoms with Crippen LogP contribution in [-0.2, 0) is 0 Å². The molecule has 0 unspecified atom stereocenters. The first-order valence-electron chi connectivity index (χ1n) is 7.19. The highest BCUT2D eigenvalue weighted by atomic mass is 16.6. The normalized spacial score (nSPS) is 11.0. The molecular weight excluding hydrogens is 304 g/mol. The molecule has 0 radical (unpaired) electrons. The SMILES string of the molecule is N#C/C(=C/c1ccc(-c2ccc([N+](=O)[O-])cc2)o1)c1ccccc1. The van der Waals surface area contributed by atoms with E-state index in [1.54, 1.807) is 30.3 Å². The van der Waals surface area contributed by atoms with E-state index >= 15 is 0 Å². The van der Waals surface area contributed by atoms with Crippen molar-refractivity contribution < 1.29 is 9.34 Å². The summed E-state index contributed by atoms with van der Waals surface area (Å²) in [7, 11) is 0. The van der Waals surface area contributed by atoms with Gasteiger partial charge in [0.05, 0.1) is 16.6 Å². The average Bonchev–Trinajstić information content (AvgIpc) is 3.09. The number of hydrogen-bond acceptors (Lipinski definition) is 4. The van der Waals surface area contributed by atoms with Crippen molar-refractivity contribution in [1.29, 1.82) is 5.26 Å². The third-order valence-electron chi connectivity index (χ3n) is 3.48. The minimum atomic E-state index is -0.445. The quantitative estimate of drug-likeness (QED) is 0.389. The van der Waals surface area contributed by atoms with E-state index in [0.717, 1.165) is 11.1 Å². The summed E-state index contributed by atoms with van der Waals surface area (Å²) in [6, 6.07) is 21.1. The molecule has 0 N–H and O–H groups in total. The van der Waals surface area contributed by atoms with Crippen LogP contribution >= 0.6 is 0 Å². The smallest absolute Gasteiger partial charge is 0.269 e. The van der Waals surface area contributed by atoms with Crippen molar-refractivity contribution >= 4 is 17.3 Å². The molecule has 2 aromatic carbocycles. The van der Waals surface area contributed by atoms with E-state index in [1.807, 2.05) is 30.3 Å². The lowest BCUT2D eigenvalue weighted by atomic mass is 10.1. The maximum absolute atomic E-state index is 10.7. The summed E-state index contributed by atoms with van der Waals surface area (Å²) in [6.45, 7) is 0. The Morgan fingerprint density at radius 3 is 2.38 bits per heavy atom. The molecule has 5 nitrogen and oxygen atoms in total. The molecule has 0 saturated heterocycles. The standard InChI is InChI=1S/C19H12N2O3/c20-13-16(14-4-2-1-3-5-14)12-18-10-11-19(24-18)15-6-8-17(9-7-15)21(22)23/h1-12H/b16-12-. The molecule has 0 aliphatic rings. The highest BCUT2D eigenvalue weighted by Crippen LogP contribution is 2.26. The second-order valence-electron chi connectivity index (χ2n) is 5.04. The number of nitrogens with zero attached hydrogens (tertiary/aromatic N) is 2. The van der Waals surface area contributed by atoms with Gasteiger partial charge in [-0.05, 0) is 35.9 Å². The largest absolute Gasteiger partial charge is 0.457 e. The molecule has 0 fully saturated rings. The average molecular weight is 316 g/mol. The minimum Gasteiger partial charge on any atom is -0.457 e. The number of furan rings is 1. The van der Waals surface area contributed by atoms with Gasteiger partial charge in [0.2, 0.25) is 0 Å². The van der Waals surface area contributed by atoms with Gasteiger partial charge in [-0.2, -0.15) is 5.26 Å². The van der Waals surface area contributed by atoms with Crippen molar-refractivity contribution in [2.24, 2.45) is 0 Å². The van der Waals surface area contributed by atoms with Crippen LogP contribution in [0.3, 0.4) is 0 Å². The zero-order chi connectivity index (χ0) is 16.9. The Hall–Kier alpha value is -3.65. The predicted octanol–water partition coefficient (Wildman–Crippen LogP) is 4.92. The third kappa shape index (κ3) is 3.23. The van der Waals surface area contributed by atoms with Gasteiger partial charge in [-0.3, -0.25) is 10.1 Å². The zero-order valence-corrected chi connectivity index (χ0v) is 12.5. The van der Waals surface area contributed by atoms with Crippen LogP contribution in [0.4, 0.5) is 5.69 Å². The molecule has 0 atom stereocenters. The van der Waals surface area contributed by atoms with Crippen molar-refractivity contribution in [3.05, 3.63) is 88.2 Å². The highest BCUT2D eigenvalue weighted by molar-refractivity contribution is 5.88. The van der Waals surface area contributed by atoms with Gasteiger partial charge in [0, 0.05) is 17.7 Å². The number of allylic oxidation sites excluding steroid dienone is 1. The first kappa shape index (κ1) is 15.3. The number of nitriles is 1. The molecule has 0 amide bonds. The second-order valence-corrected chi connectivity index (χ2v) is 5.04. The highest BCUT2D eigenvalue weighted by Gasteiger charge is 2.08. The Balaban J connectivity index is 1.89. The summed E-state index contributed by atoms with van der Waals surface area (Å²) in [4.78, 5) is 10.2. The van der Waals surface area contributed by atoms with Crippen molar-refractivity contribution in [3.8, 4) is 17.4 Å². The third-order valence-corrected chi connectivity index (χ3v) is 3.48. The Labute approximate surface area is 138 Å². The maximum atomic E-state index is 10.7. The number of rotatable bonds is 4. The van der Waals surface area contributed by atoms with Crippen LogP contribution in [0.25, 0.3) is 23.0 Å². The molecule has 116 valence electrons. The number of nitro groups is 1. The number of non-ortho nitro benzene ring substituents is 1. The first-order chi connectivity index (χ1) is 11.7. The maximum Gasteiger partial charge on any atom is 0.269 e. The lowest BCUT2D eigenvalue weighted by Crippen LogP contribution is -1.86. The summed E-state index contributed by atoms with van der Waals surface area (Å²) >= 11 is 0. The van der Waals surface area contributed by atoms with Crippen LogP contribution in [0.15, 0.2) is 71.1 Å². The van der Waals surface area contributed by atoms with Gasteiger partial charge in [-0.15, -0.1) is 0 Å². The summed E-state index contributed by atoms with van der Waals surface area (Å²) < 4.78 is 5.73. The van der Waals surface area contributed by atoms with E-state index < -0.39 is 4.92 Å². The minimum absolute atomic E-state index is 0.0290. The number of nitro benzene ring substituents is 1. The molecule has 0 bridgehead atoms. The molecular formula is C19H12N2O3. The van der Waals surface area contributed by atoms with Gasteiger partial charge in [0.1, 0.15) is 11.5 Å². The van der Waals surface area contributed by atoms with E-state index in [-0.39, 0.29) is 5.69 Å². The van der Waals surface area contributed by atoms with Crippen LogP contribution in [0.2, 0.25) is 0 Å². The van der Waals surface area contributed by atoms with Crippen LogP contribution in [0.5, 0.6) is 0 Å². The number of benzene rings is 2. The fraction of sp³-hybridized carbons (Fsp3) is 0. The summed E-state index contributed by atoms with van der Waals surface area (Å²) in [5.74, 6) is 1.13. The van der Waals surface area contributed by atoms with E-state index in [2.05, 4.69) is 6.07 Å². The van der Waals surface area contributed by atoms with Crippen LogP contribution in [0.1, 0.15) is 11.3 Å². The molecule has 0 spiro atoms. The molecule has 0 saturated carbocycles. The molecule has 3 aromatic rings. The molecule has 1 heterocycles. The van der Waals surface area contributed by atoms with Crippen molar-refractivity contribution in [2.75, 3.05) is 0 Å². The van der Waals surface area contributed by atoms with E-state index in [4.69, 9.17) is 4.42 Å². The number of hydrogen-bond donors (Lipinski definition) is 0. The van der Waals surface area contributed by atoms with E-state index in [9.17, 15) is 15.4 Å². The van der Waals surface area contributed by atoms with Crippen molar-refractivity contribution in [3.63, 3.8) is 0 Å². The first-order valence-corrected chi connectivity index (χ1v) is 7.19. The fourth-order valence-electron chi connectivity index (χ4n) is 2.27. The van der Waals surface area contributed by atoms with Crippen molar-refractivity contribution in [2.45, 2.75) is 0 Å². The zero-order valence-electron chi connectivity index (χ0n) is 12.5. The van der Waals surface area contributed by atoms with E-state index in [1.165, 1.54) is 12.1 Å². The predicted molar refractivity (Wildman–Crippen MR) is 90.7 cm³/mol. The van der Waals surface area contributed by atoms with Gasteiger partial charge in [-0.25, -0.2) is 0 Å². The lowest BCUT2D eigenvalue weighted by Gasteiger charge is -1.98. The Morgan fingerprint density at radius 2 is 1.75 bits per heavy atom. The topological polar surface area (TPSA) is 80.1 Å². The molecule has 3 rings (SSSR count). The summed E-state index contributed by atoms with van der Waals surface area (Å²) in [5, 5.41) is 20.0. The van der Waals surface area contributed by atoms with Gasteiger partial charge in [0.25, 0.3) is 5.69 Å². The lowest BCUT2D eigenvalue weighted by molar-refractivity contribution is -0.384. The Morgan fingerprint density at radius 1 is 1.04 bits per heavy atom. The fourth-order valence-corrected chi connectivity index (χ4v) is 2.27. The molecule has 0 aliphatic heterocycles. The molecule has 1 aromatic heterocycles. The summed E-state index contributed by atoms with van der Waals surface area (Å²) in [6.07, 6.45) is 1.67. The van der Waals surface area contributed by atoms with Gasteiger partial charge in [-0.1, -0.05) is 30.3 Å². The van der Waals surface area contributed by atoms with E-state index in [0.29, 0.717) is 17.1 Å². The van der Waals surface area contributed by atoms with Crippen LogP contribution in [-0.4, -0.2) is 4.92 Å². The van der Waals surface area contributed by atoms with Gasteiger partial charge < -0.3 is 4.42 Å². The molecule has 24 heavy (non-hydrogen) atoms. The van der Waals surface area contributed by atoms with Crippen LogP contribution < -0.4 is 0 Å². The van der Waals surface area contributed by atoms with Gasteiger partial charge in [0.15, 0.2) is 0 Å². The second kappa shape index (κ2) is 6.63. The monoisotopic (exact) mass is 316 g/mol. The van der Waals surface area contributed by atoms with Gasteiger partial charge >= 0.3 is 0 Å². The Bertz CT molecular complexity index is 933. The summed E-state index contributed by atoms with van der Waals surface area (Å²) in [5.41, 5.74) is 2.08. The van der Waals surface area contributed by atoms with Crippen molar-refractivity contribution in [1.82, 2.24) is 0 Å².